The van der Waals surface area contributed by atoms with E-state index in [9.17, 15) is 0 Å². The summed E-state index contributed by atoms with van der Waals surface area (Å²) in [7, 11) is 1.90. The third-order valence-corrected chi connectivity index (χ3v) is 2.15. The zero-order valence-electron chi connectivity index (χ0n) is 8.41. The van der Waals surface area contributed by atoms with Crippen molar-refractivity contribution in [2.75, 3.05) is 7.05 Å². The Balaban J connectivity index is 2.52. The molecule has 72 valence electrons. The lowest BCUT2D eigenvalue weighted by Crippen LogP contribution is -2.07. The number of aryl methyl sites for hydroxylation is 1. The van der Waals surface area contributed by atoms with Crippen LogP contribution in [0.2, 0.25) is 0 Å². The minimum absolute atomic E-state index is 0.761. The van der Waals surface area contributed by atoms with E-state index in [4.69, 9.17) is 0 Å². The van der Waals surface area contributed by atoms with E-state index in [0.717, 1.165) is 23.1 Å². The smallest absolute Gasteiger partial charge is 0.0930 e. The Labute approximate surface area is 83.2 Å². The van der Waals surface area contributed by atoms with E-state index in [0.29, 0.717) is 0 Å². The molecule has 0 aliphatic heterocycles. The van der Waals surface area contributed by atoms with E-state index in [1.807, 2.05) is 13.1 Å². The molecule has 0 spiro atoms. The van der Waals surface area contributed by atoms with E-state index < -0.39 is 0 Å². The Morgan fingerprint density at radius 2 is 2.07 bits per heavy atom. The van der Waals surface area contributed by atoms with Crippen LogP contribution in [-0.2, 0) is 6.54 Å². The first-order valence-electron chi connectivity index (χ1n) is 4.67. The number of hydrogen-bond acceptors (Lipinski definition) is 3. The van der Waals surface area contributed by atoms with Crippen LogP contribution in [0, 0.1) is 6.92 Å². The molecule has 1 N–H and O–H groups in total. The lowest BCUT2D eigenvalue weighted by molar-refractivity contribution is 0.773. The van der Waals surface area contributed by atoms with Gasteiger partial charge in [-0.1, -0.05) is 11.6 Å². The molecule has 1 aromatic carbocycles. The largest absolute Gasteiger partial charge is 0.314 e. The van der Waals surface area contributed by atoms with Crippen LogP contribution in [0.25, 0.3) is 10.9 Å². The van der Waals surface area contributed by atoms with Crippen molar-refractivity contribution < 1.29 is 0 Å². The van der Waals surface area contributed by atoms with Gasteiger partial charge in [-0.2, -0.15) is 10.2 Å². The molecule has 1 aromatic heterocycles. The van der Waals surface area contributed by atoms with Gasteiger partial charge in [0, 0.05) is 11.9 Å². The summed E-state index contributed by atoms with van der Waals surface area (Å²) in [4.78, 5) is 0. The summed E-state index contributed by atoms with van der Waals surface area (Å²) in [5.41, 5.74) is 3.18. The highest BCUT2D eigenvalue weighted by molar-refractivity contribution is 5.78. The molecule has 14 heavy (non-hydrogen) atoms. The van der Waals surface area contributed by atoms with Gasteiger partial charge in [-0.05, 0) is 32.2 Å². The Morgan fingerprint density at radius 1 is 1.21 bits per heavy atom. The summed E-state index contributed by atoms with van der Waals surface area (Å²) in [5, 5.41) is 12.5. The van der Waals surface area contributed by atoms with E-state index >= 15 is 0 Å². The Bertz CT molecular complexity index is 451. The predicted octanol–water partition coefficient (Wildman–Crippen LogP) is 1.66. The van der Waals surface area contributed by atoms with Crippen LogP contribution in [0.15, 0.2) is 24.3 Å². The fourth-order valence-corrected chi connectivity index (χ4v) is 1.47. The van der Waals surface area contributed by atoms with Crippen LogP contribution in [0.4, 0.5) is 0 Å². The fourth-order valence-electron chi connectivity index (χ4n) is 1.47. The van der Waals surface area contributed by atoms with Crippen LogP contribution < -0.4 is 5.32 Å². The molecule has 0 amide bonds. The maximum absolute atomic E-state index is 4.15. The highest BCUT2D eigenvalue weighted by atomic mass is 15.1. The number of fused-ring (bicyclic) bond motifs is 1. The van der Waals surface area contributed by atoms with Crippen molar-refractivity contribution in [2.45, 2.75) is 13.5 Å². The van der Waals surface area contributed by atoms with Crippen molar-refractivity contribution in [3.05, 3.63) is 35.5 Å². The number of benzene rings is 1. The lowest BCUT2D eigenvalue weighted by Gasteiger charge is -2.01. The minimum atomic E-state index is 0.761. The van der Waals surface area contributed by atoms with E-state index in [1.165, 1.54) is 5.56 Å². The summed E-state index contributed by atoms with van der Waals surface area (Å²) in [6.45, 7) is 2.84. The first-order valence-corrected chi connectivity index (χ1v) is 4.67. The van der Waals surface area contributed by atoms with Gasteiger partial charge in [-0.3, -0.25) is 0 Å². The number of nitrogens with one attached hydrogen (secondary N) is 1. The lowest BCUT2D eigenvalue weighted by atomic mass is 10.1. The standard InChI is InChI=1S/C11H13N3/c1-8-3-4-11-9(5-8)6-10(7-12-2)13-14-11/h3-6,12H,7H2,1-2H3. The Kier molecular flexibility index (Phi) is 2.41. The van der Waals surface area contributed by atoms with Gasteiger partial charge in [0.05, 0.1) is 11.2 Å². The average Bonchev–Trinajstić information content (AvgIpc) is 2.17. The molecule has 2 aromatic rings. The quantitative estimate of drug-likeness (QED) is 0.777. The van der Waals surface area contributed by atoms with E-state index in [-0.39, 0.29) is 0 Å². The monoisotopic (exact) mass is 187 g/mol. The second-order valence-electron chi connectivity index (χ2n) is 3.43. The molecule has 0 bridgehead atoms. The summed E-state index contributed by atoms with van der Waals surface area (Å²) < 4.78 is 0. The molecule has 0 fully saturated rings. The second-order valence-corrected chi connectivity index (χ2v) is 3.43. The average molecular weight is 187 g/mol. The highest BCUT2D eigenvalue weighted by Crippen LogP contribution is 2.13. The van der Waals surface area contributed by atoms with Crippen molar-refractivity contribution in [3.63, 3.8) is 0 Å². The van der Waals surface area contributed by atoms with Crippen LogP contribution >= 0.6 is 0 Å². The summed E-state index contributed by atoms with van der Waals surface area (Å²) in [5.74, 6) is 0. The highest BCUT2D eigenvalue weighted by Gasteiger charge is 1.98. The Morgan fingerprint density at radius 3 is 2.86 bits per heavy atom. The van der Waals surface area contributed by atoms with Gasteiger partial charge in [0.15, 0.2) is 0 Å². The Hall–Kier alpha value is -1.48. The van der Waals surface area contributed by atoms with Gasteiger partial charge in [0.2, 0.25) is 0 Å². The molecular weight excluding hydrogens is 174 g/mol. The zero-order chi connectivity index (χ0) is 9.97. The molecule has 0 unspecified atom stereocenters. The van der Waals surface area contributed by atoms with Crippen molar-refractivity contribution in [1.82, 2.24) is 15.5 Å². The molecule has 0 saturated heterocycles. The molecular formula is C11H13N3. The third-order valence-electron chi connectivity index (χ3n) is 2.15. The number of rotatable bonds is 2. The molecule has 0 radical (unpaired) electrons. The maximum atomic E-state index is 4.15. The van der Waals surface area contributed by atoms with Crippen molar-refractivity contribution >= 4 is 10.9 Å². The third kappa shape index (κ3) is 1.72. The van der Waals surface area contributed by atoms with Crippen LogP contribution in [0.1, 0.15) is 11.3 Å². The molecule has 0 saturated carbocycles. The van der Waals surface area contributed by atoms with Crippen LogP contribution in [-0.4, -0.2) is 17.2 Å². The zero-order valence-corrected chi connectivity index (χ0v) is 8.41. The van der Waals surface area contributed by atoms with Crippen LogP contribution in [0.5, 0.6) is 0 Å². The molecule has 0 aliphatic rings. The van der Waals surface area contributed by atoms with Gasteiger partial charge < -0.3 is 5.32 Å². The summed E-state index contributed by atoms with van der Waals surface area (Å²) in [6, 6.07) is 8.25. The minimum Gasteiger partial charge on any atom is -0.314 e. The van der Waals surface area contributed by atoms with Gasteiger partial charge in [0.25, 0.3) is 0 Å². The number of hydrogen-bond donors (Lipinski definition) is 1. The maximum Gasteiger partial charge on any atom is 0.0930 e. The van der Waals surface area contributed by atoms with Crippen molar-refractivity contribution in [3.8, 4) is 0 Å². The van der Waals surface area contributed by atoms with Gasteiger partial charge in [0.1, 0.15) is 0 Å². The van der Waals surface area contributed by atoms with E-state index in [2.05, 4.69) is 40.6 Å². The molecule has 1 heterocycles. The SMILES string of the molecule is CNCc1cc2cc(C)ccc2nn1. The first kappa shape index (κ1) is 9.09. The molecule has 3 nitrogen and oxygen atoms in total. The fraction of sp³-hybridized carbons (Fsp3) is 0.273. The second kappa shape index (κ2) is 3.72. The van der Waals surface area contributed by atoms with E-state index in [1.54, 1.807) is 0 Å². The van der Waals surface area contributed by atoms with Crippen LogP contribution in [0.3, 0.4) is 0 Å². The molecule has 3 heteroatoms. The van der Waals surface area contributed by atoms with Gasteiger partial charge >= 0.3 is 0 Å². The number of aromatic nitrogens is 2. The van der Waals surface area contributed by atoms with Gasteiger partial charge in [-0.25, -0.2) is 0 Å². The number of nitrogens with zero attached hydrogens (tertiary/aromatic N) is 2. The normalized spacial score (nSPS) is 10.7. The van der Waals surface area contributed by atoms with Crippen molar-refractivity contribution in [2.24, 2.45) is 0 Å². The summed E-state index contributed by atoms with van der Waals surface area (Å²) >= 11 is 0. The topological polar surface area (TPSA) is 37.8 Å². The van der Waals surface area contributed by atoms with Crippen molar-refractivity contribution in [1.29, 1.82) is 0 Å². The molecule has 2 rings (SSSR count). The predicted molar refractivity (Wildman–Crippen MR) is 57.0 cm³/mol. The first-order chi connectivity index (χ1) is 6.79. The molecule has 0 atom stereocenters. The van der Waals surface area contributed by atoms with Gasteiger partial charge in [-0.15, -0.1) is 0 Å². The molecule has 0 aliphatic carbocycles. The summed E-state index contributed by atoms with van der Waals surface area (Å²) in [6.07, 6.45) is 0.